The monoisotopic (exact) mass is 448 g/mol. The van der Waals surface area contributed by atoms with Crippen LogP contribution in [0.1, 0.15) is 48.4 Å². The van der Waals surface area contributed by atoms with Crippen LogP contribution in [-0.2, 0) is 6.54 Å². The van der Waals surface area contributed by atoms with Crippen LogP contribution >= 0.6 is 0 Å². The minimum atomic E-state index is -0.331. The van der Waals surface area contributed by atoms with E-state index in [-0.39, 0.29) is 23.2 Å². The van der Waals surface area contributed by atoms with Gasteiger partial charge in [0.15, 0.2) is 17.2 Å². The maximum absolute atomic E-state index is 13.0. The van der Waals surface area contributed by atoms with Gasteiger partial charge < -0.3 is 10.3 Å². The van der Waals surface area contributed by atoms with Gasteiger partial charge in [-0.2, -0.15) is 5.10 Å². The summed E-state index contributed by atoms with van der Waals surface area (Å²) in [6.45, 7) is 4.30. The lowest BCUT2D eigenvalue weighted by molar-refractivity contribution is 0.0957. The van der Waals surface area contributed by atoms with Gasteiger partial charge in [0, 0.05) is 37.1 Å². The number of hydrogen-bond acceptors (Lipinski definition) is 6. The number of carbonyl (C=O) groups is 1. The maximum atomic E-state index is 13.0. The summed E-state index contributed by atoms with van der Waals surface area (Å²) in [5, 5.41) is 6.86. The second kappa shape index (κ2) is 7.84. The molecular formula is C22H24N8O3. The van der Waals surface area contributed by atoms with Gasteiger partial charge in [0.2, 0.25) is 0 Å². The summed E-state index contributed by atoms with van der Waals surface area (Å²) >= 11 is 0. The lowest BCUT2D eigenvalue weighted by Gasteiger charge is -2.09. The summed E-state index contributed by atoms with van der Waals surface area (Å²) in [6, 6.07) is 5.23. The van der Waals surface area contributed by atoms with Crippen LogP contribution in [0, 0.1) is 6.92 Å². The highest BCUT2D eigenvalue weighted by Crippen LogP contribution is 2.32. The lowest BCUT2D eigenvalue weighted by Crippen LogP contribution is -2.39. The van der Waals surface area contributed by atoms with Crippen molar-refractivity contribution >= 4 is 17.1 Å². The van der Waals surface area contributed by atoms with Crippen LogP contribution in [0.3, 0.4) is 0 Å². The van der Waals surface area contributed by atoms with Crippen molar-refractivity contribution in [1.29, 1.82) is 0 Å². The first-order valence-corrected chi connectivity index (χ1v) is 10.9. The number of aromatic amines is 1. The summed E-state index contributed by atoms with van der Waals surface area (Å²) < 4.78 is 4.51. The Labute approximate surface area is 188 Å². The zero-order valence-corrected chi connectivity index (χ0v) is 18.6. The molecule has 0 saturated heterocycles. The van der Waals surface area contributed by atoms with Gasteiger partial charge in [-0.15, -0.1) is 0 Å². The summed E-state index contributed by atoms with van der Waals surface area (Å²) in [7, 11) is 1.55. The minimum Gasteiger partial charge on any atom is -0.354 e. The van der Waals surface area contributed by atoms with Crippen LogP contribution in [0.5, 0.6) is 0 Å². The average molecular weight is 448 g/mol. The van der Waals surface area contributed by atoms with Gasteiger partial charge in [-0.1, -0.05) is 6.92 Å². The normalized spacial score (nSPS) is 13.5. The largest absolute Gasteiger partial charge is 0.354 e. The first-order chi connectivity index (χ1) is 15.9. The number of nitrogens with zero attached hydrogens (tertiary/aromatic N) is 6. The average Bonchev–Trinajstić information content (AvgIpc) is 3.42. The van der Waals surface area contributed by atoms with Gasteiger partial charge in [0.05, 0.1) is 0 Å². The number of nitrogens with one attached hydrogen (secondary N) is 2. The Morgan fingerprint density at radius 3 is 2.70 bits per heavy atom. The van der Waals surface area contributed by atoms with Crippen LogP contribution in [-0.4, -0.2) is 46.8 Å². The first kappa shape index (κ1) is 20.9. The molecule has 4 aromatic heterocycles. The Kier molecular flexibility index (Phi) is 4.95. The Hall–Kier alpha value is -4.02. The molecule has 1 aliphatic rings. The number of carbonyl (C=O) groups excluding carboxylic acids is 1. The van der Waals surface area contributed by atoms with E-state index in [1.165, 1.54) is 4.57 Å². The molecule has 0 spiro atoms. The van der Waals surface area contributed by atoms with Crippen molar-refractivity contribution in [1.82, 2.24) is 39.2 Å². The lowest BCUT2D eigenvalue weighted by atomic mass is 10.2. The molecule has 0 aromatic carbocycles. The van der Waals surface area contributed by atoms with E-state index in [1.54, 1.807) is 34.6 Å². The molecule has 11 nitrogen and oxygen atoms in total. The smallest absolute Gasteiger partial charge is 0.333 e. The number of aryl methyl sites for hydroxylation is 2. The third kappa shape index (κ3) is 3.45. The SMILES string of the molecule is CCCn1c(=O)n(C2CC2)c(=O)c2[nH]c(-c3ccc(-n4nc(C(=O)NC)cc4C)nc3)nc21. The summed E-state index contributed by atoms with van der Waals surface area (Å²) in [5.41, 5.74) is 1.79. The van der Waals surface area contributed by atoms with Crippen LogP contribution in [0.4, 0.5) is 0 Å². The zero-order valence-electron chi connectivity index (χ0n) is 18.6. The summed E-state index contributed by atoms with van der Waals surface area (Å²) in [5.74, 6) is 0.731. The number of H-pyrrole nitrogens is 1. The summed E-state index contributed by atoms with van der Waals surface area (Å²) in [6.07, 6.45) is 4.05. The van der Waals surface area contributed by atoms with E-state index < -0.39 is 0 Å². The fraction of sp³-hybridized carbons (Fsp3) is 0.364. The van der Waals surface area contributed by atoms with Crippen molar-refractivity contribution in [3.05, 3.63) is 56.6 Å². The van der Waals surface area contributed by atoms with E-state index in [4.69, 9.17) is 0 Å². The van der Waals surface area contributed by atoms with Crippen LogP contribution < -0.4 is 16.6 Å². The number of amides is 1. The molecule has 0 aliphatic heterocycles. The molecule has 1 saturated carbocycles. The number of imidazole rings is 1. The van der Waals surface area contributed by atoms with E-state index in [2.05, 4.69) is 25.4 Å². The molecule has 0 radical (unpaired) electrons. The van der Waals surface area contributed by atoms with Crippen molar-refractivity contribution in [2.45, 2.75) is 45.7 Å². The van der Waals surface area contributed by atoms with Crippen LogP contribution in [0.2, 0.25) is 0 Å². The molecule has 11 heteroatoms. The van der Waals surface area contributed by atoms with Gasteiger partial charge >= 0.3 is 5.69 Å². The molecule has 170 valence electrons. The van der Waals surface area contributed by atoms with Gasteiger partial charge in [0.1, 0.15) is 11.3 Å². The number of aromatic nitrogens is 7. The standard InChI is InChI=1S/C22H24N8O3/c1-4-9-28-19-17(21(32)29(22(28)33)14-6-7-14)25-18(26-19)13-5-8-16(24-11-13)30-12(2)10-15(27-30)20(31)23-3/h5,8,10-11,14H,4,6-7,9H2,1-3H3,(H,23,31)(H,25,26). The highest BCUT2D eigenvalue weighted by atomic mass is 16.2. The molecule has 0 atom stereocenters. The molecule has 0 unspecified atom stereocenters. The molecule has 1 amide bonds. The van der Waals surface area contributed by atoms with Crippen molar-refractivity contribution < 1.29 is 4.79 Å². The Morgan fingerprint density at radius 2 is 2.06 bits per heavy atom. The molecule has 33 heavy (non-hydrogen) atoms. The zero-order chi connectivity index (χ0) is 23.3. The predicted octanol–water partition coefficient (Wildman–Crippen LogP) is 1.55. The minimum absolute atomic E-state index is 0.0257. The predicted molar refractivity (Wildman–Crippen MR) is 122 cm³/mol. The quantitative estimate of drug-likeness (QED) is 0.460. The second-order valence-electron chi connectivity index (χ2n) is 8.19. The van der Waals surface area contributed by atoms with Gasteiger partial charge in [-0.25, -0.2) is 19.4 Å². The Bertz CT molecular complexity index is 1490. The number of fused-ring (bicyclic) bond motifs is 1. The van der Waals surface area contributed by atoms with E-state index in [1.807, 2.05) is 19.9 Å². The van der Waals surface area contributed by atoms with E-state index >= 15 is 0 Å². The first-order valence-electron chi connectivity index (χ1n) is 10.9. The number of rotatable bonds is 6. The second-order valence-corrected chi connectivity index (χ2v) is 8.19. The fourth-order valence-corrected chi connectivity index (χ4v) is 3.95. The molecular weight excluding hydrogens is 424 g/mol. The third-order valence-electron chi connectivity index (χ3n) is 5.75. The van der Waals surface area contributed by atoms with Crippen LogP contribution in [0.15, 0.2) is 34.0 Å². The highest BCUT2D eigenvalue weighted by molar-refractivity contribution is 5.92. The topological polar surface area (TPSA) is 132 Å². The van der Waals surface area contributed by atoms with E-state index in [0.29, 0.717) is 40.6 Å². The van der Waals surface area contributed by atoms with Crippen molar-refractivity contribution in [2.75, 3.05) is 7.05 Å². The third-order valence-corrected chi connectivity index (χ3v) is 5.75. The van der Waals surface area contributed by atoms with Crippen molar-refractivity contribution in [3.8, 4) is 17.2 Å². The molecule has 2 N–H and O–H groups in total. The molecule has 4 heterocycles. The Morgan fingerprint density at radius 1 is 1.27 bits per heavy atom. The van der Waals surface area contributed by atoms with Crippen LogP contribution in [0.25, 0.3) is 28.4 Å². The number of pyridine rings is 1. The summed E-state index contributed by atoms with van der Waals surface area (Å²) in [4.78, 5) is 50.0. The van der Waals surface area contributed by atoms with Crippen molar-refractivity contribution in [2.24, 2.45) is 0 Å². The molecule has 5 rings (SSSR count). The highest BCUT2D eigenvalue weighted by Gasteiger charge is 2.30. The Balaban J connectivity index is 1.56. The van der Waals surface area contributed by atoms with E-state index in [0.717, 1.165) is 25.0 Å². The fourth-order valence-electron chi connectivity index (χ4n) is 3.95. The van der Waals surface area contributed by atoms with Gasteiger partial charge in [-0.3, -0.25) is 18.7 Å². The molecule has 4 aromatic rings. The van der Waals surface area contributed by atoms with E-state index in [9.17, 15) is 14.4 Å². The van der Waals surface area contributed by atoms with Gasteiger partial charge in [-0.05, 0) is 44.4 Å². The van der Waals surface area contributed by atoms with Gasteiger partial charge in [0.25, 0.3) is 11.5 Å². The molecule has 1 aliphatic carbocycles. The van der Waals surface area contributed by atoms with Crippen molar-refractivity contribution in [3.63, 3.8) is 0 Å². The number of hydrogen-bond donors (Lipinski definition) is 2. The molecule has 1 fully saturated rings. The molecule has 0 bridgehead atoms. The maximum Gasteiger partial charge on any atom is 0.333 e.